The van der Waals surface area contributed by atoms with Gasteiger partial charge in [0, 0.05) is 25.2 Å². The summed E-state index contributed by atoms with van der Waals surface area (Å²) in [4.78, 5) is 4.93. The van der Waals surface area contributed by atoms with Gasteiger partial charge < -0.3 is 10.2 Å². The van der Waals surface area contributed by atoms with Gasteiger partial charge in [-0.05, 0) is 46.4 Å². The number of hydrogen-bond donors (Lipinski definition) is 1. The molecule has 0 aliphatic rings. The van der Waals surface area contributed by atoms with Crippen molar-refractivity contribution < 1.29 is 0 Å². The second kappa shape index (κ2) is 9.76. The zero-order chi connectivity index (χ0) is 14.1. The van der Waals surface area contributed by atoms with Gasteiger partial charge in [-0.2, -0.15) is 0 Å². The minimum atomic E-state index is 0.612. The Morgan fingerprint density at radius 2 is 1.67 bits per heavy atom. The first kappa shape index (κ1) is 17.9. The van der Waals surface area contributed by atoms with Crippen molar-refractivity contribution in [1.29, 1.82) is 0 Å². The third kappa shape index (κ3) is 6.72. The van der Waals surface area contributed by atoms with Gasteiger partial charge >= 0.3 is 0 Å². The van der Waals surface area contributed by atoms with Crippen LogP contribution < -0.4 is 5.32 Å². The maximum absolute atomic E-state index is 3.58. The van der Waals surface area contributed by atoms with Crippen LogP contribution in [-0.2, 0) is 0 Å². The molecule has 0 aromatic heterocycles. The molecule has 0 bridgehead atoms. The molecule has 0 saturated carbocycles. The normalized spacial score (nSPS) is 15.7. The fourth-order valence-corrected chi connectivity index (χ4v) is 2.67. The van der Waals surface area contributed by atoms with E-state index in [1.165, 1.54) is 6.42 Å². The summed E-state index contributed by atoms with van der Waals surface area (Å²) in [5, 5.41) is 3.58. The second-order valence-electron chi connectivity index (χ2n) is 5.96. The van der Waals surface area contributed by atoms with Crippen LogP contribution in [0.2, 0.25) is 0 Å². The Bertz CT molecular complexity index is 192. The SMILES string of the molecule is CCCNCC(C(C)C)N(CC)C(C)CN(C)C. The van der Waals surface area contributed by atoms with E-state index in [-0.39, 0.29) is 0 Å². The highest BCUT2D eigenvalue weighted by molar-refractivity contribution is 4.81. The van der Waals surface area contributed by atoms with Crippen molar-refractivity contribution in [2.45, 2.75) is 53.1 Å². The lowest BCUT2D eigenvalue weighted by Gasteiger charge is -2.39. The summed E-state index contributed by atoms with van der Waals surface area (Å²) in [7, 11) is 4.31. The molecule has 0 aromatic rings. The smallest absolute Gasteiger partial charge is 0.0246 e. The monoisotopic (exact) mass is 257 g/mol. The standard InChI is InChI=1S/C15H35N3/c1-8-10-16-11-15(13(3)4)18(9-2)14(5)12-17(6)7/h13-16H,8-12H2,1-7H3. The van der Waals surface area contributed by atoms with Gasteiger partial charge in [-0.15, -0.1) is 0 Å². The van der Waals surface area contributed by atoms with E-state index in [1.54, 1.807) is 0 Å². The Hall–Kier alpha value is -0.120. The maximum atomic E-state index is 3.58. The average Bonchev–Trinajstić information content (AvgIpc) is 2.26. The van der Waals surface area contributed by atoms with Crippen LogP contribution in [0, 0.1) is 5.92 Å². The fourth-order valence-electron chi connectivity index (χ4n) is 2.67. The Labute approximate surface area is 115 Å². The molecule has 0 saturated heterocycles. The fraction of sp³-hybridized carbons (Fsp3) is 1.00. The van der Waals surface area contributed by atoms with E-state index in [9.17, 15) is 0 Å². The molecule has 0 spiro atoms. The van der Waals surface area contributed by atoms with E-state index in [4.69, 9.17) is 0 Å². The van der Waals surface area contributed by atoms with E-state index in [0.29, 0.717) is 18.0 Å². The molecule has 110 valence electrons. The molecule has 0 aliphatic carbocycles. The second-order valence-corrected chi connectivity index (χ2v) is 5.96. The Morgan fingerprint density at radius 1 is 1.06 bits per heavy atom. The number of likely N-dealkylation sites (N-methyl/N-ethyl adjacent to an activating group) is 2. The lowest BCUT2D eigenvalue weighted by Crippen LogP contribution is -2.52. The van der Waals surface area contributed by atoms with Crippen molar-refractivity contribution in [3.8, 4) is 0 Å². The van der Waals surface area contributed by atoms with Gasteiger partial charge in [-0.3, -0.25) is 4.90 Å². The number of hydrogen-bond acceptors (Lipinski definition) is 3. The molecule has 1 N–H and O–H groups in total. The predicted molar refractivity (Wildman–Crippen MR) is 82.2 cm³/mol. The Balaban J connectivity index is 4.50. The van der Waals surface area contributed by atoms with Crippen LogP contribution in [0.3, 0.4) is 0 Å². The zero-order valence-electron chi connectivity index (χ0n) is 13.7. The van der Waals surface area contributed by atoms with Gasteiger partial charge in [0.1, 0.15) is 0 Å². The van der Waals surface area contributed by atoms with Crippen molar-refractivity contribution in [3.05, 3.63) is 0 Å². The van der Waals surface area contributed by atoms with Gasteiger partial charge in [0.25, 0.3) is 0 Å². The molecule has 2 atom stereocenters. The highest BCUT2D eigenvalue weighted by Gasteiger charge is 2.24. The van der Waals surface area contributed by atoms with Crippen LogP contribution in [0.5, 0.6) is 0 Å². The first-order chi connectivity index (χ1) is 8.43. The van der Waals surface area contributed by atoms with Crippen molar-refractivity contribution >= 4 is 0 Å². The predicted octanol–water partition coefficient (Wildman–Crippen LogP) is 2.28. The van der Waals surface area contributed by atoms with Crippen LogP contribution in [0.15, 0.2) is 0 Å². The first-order valence-electron chi connectivity index (χ1n) is 7.55. The van der Waals surface area contributed by atoms with Gasteiger partial charge in [0.05, 0.1) is 0 Å². The van der Waals surface area contributed by atoms with Crippen molar-refractivity contribution in [2.24, 2.45) is 5.92 Å². The summed E-state index contributed by atoms with van der Waals surface area (Å²) in [6.45, 7) is 16.0. The van der Waals surface area contributed by atoms with Crippen LogP contribution in [0.4, 0.5) is 0 Å². The van der Waals surface area contributed by atoms with E-state index < -0.39 is 0 Å². The summed E-state index contributed by atoms with van der Waals surface area (Å²) in [6, 6.07) is 1.25. The maximum Gasteiger partial charge on any atom is 0.0246 e. The van der Waals surface area contributed by atoms with Crippen molar-refractivity contribution in [3.63, 3.8) is 0 Å². The topological polar surface area (TPSA) is 18.5 Å². The van der Waals surface area contributed by atoms with Gasteiger partial charge in [0.15, 0.2) is 0 Å². The summed E-state index contributed by atoms with van der Waals surface area (Å²) in [5.74, 6) is 0.693. The molecule has 18 heavy (non-hydrogen) atoms. The molecule has 0 aliphatic heterocycles. The number of nitrogens with zero attached hydrogens (tertiary/aromatic N) is 2. The van der Waals surface area contributed by atoms with E-state index in [0.717, 1.165) is 26.2 Å². The van der Waals surface area contributed by atoms with Crippen LogP contribution in [-0.4, -0.2) is 62.2 Å². The van der Waals surface area contributed by atoms with Crippen LogP contribution >= 0.6 is 0 Å². The minimum absolute atomic E-state index is 0.612. The molecule has 0 heterocycles. The molecule has 0 fully saturated rings. The molecular weight excluding hydrogens is 222 g/mol. The minimum Gasteiger partial charge on any atom is -0.315 e. The lowest BCUT2D eigenvalue weighted by molar-refractivity contribution is 0.0976. The van der Waals surface area contributed by atoms with E-state index in [1.807, 2.05) is 0 Å². The molecule has 0 aromatic carbocycles. The van der Waals surface area contributed by atoms with E-state index >= 15 is 0 Å². The van der Waals surface area contributed by atoms with Gasteiger partial charge in [-0.1, -0.05) is 27.7 Å². The van der Waals surface area contributed by atoms with Crippen molar-refractivity contribution in [2.75, 3.05) is 40.3 Å². The summed E-state index contributed by atoms with van der Waals surface area (Å²) >= 11 is 0. The van der Waals surface area contributed by atoms with Crippen molar-refractivity contribution in [1.82, 2.24) is 15.1 Å². The molecule has 0 radical (unpaired) electrons. The third-order valence-corrected chi connectivity index (χ3v) is 3.54. The quantitative estimate of drug-likeness (QED) is 0.606. The summed E-state index contributed by atoms with van der Waals surface area (Å²) < 4.78 is 0. The number of rotatable bonds is 10. The number of nitrogens with one attached hydrogen (secondary N) is 1. The van der Waals surface area contributed by atoms with Crippen LogP contribution in [0.1, 0.15) is 41.0 Å². The van der Waals surface area contributed by atoms with Gasteiger partial charge in [0.2, 0.25) is 0 Å². The van der Waals surface area contributed by atoms with E-state index in [2.05, 4.69) is 63.8 Å². The molecule has 3 heteroatoms. The molecule has 0 rings (SSSR count). The molecule has 3 nitrogen and oxygen atoms in total. The summed E-state index contributed by atoms with van der Waals surface area (Å²) in [6.07, 6.45) is 1.21. The molecular formula is C15H35N3. The highest BCUT2D eigenvalue weighted by atomic mass is 15.2. The van der Waals surface area contributed by atoms with Gasteiger partial charge in [-0.25, -0.2) is 0 Å². The van der Waals surface area contributed by atoms with Crippen LogP contribution in [0.25, 0.3) is 0 Å². The molecule has 2 unspecified atom stereocenters. The Kier molecular flexibility index (Phi) is 9.70. The largest absolute Gasteiger partial charge is 0.315 e. The summed E-state index contributed by atoms with van der Waals surface area (Å²) in [5.41, 5.74) is 0. The molecule has 0 amide bonds. The highest BCUT2D eigenvalue weighted by Crippen LogP contribution is 2.14. The third-order valence-electron chi connectivity index (χ3n) is 3.54. The first-order valence-corrected chi connectivity index (χ1v) is 7.55. The zero-order valence-corrected chi connectivity index (χ0v) is 13.7. The average molecular weight is 257 g/mol. The Morgan fingerprint density at radius 3 is 2.06 bits per heavy atom. The lowest BCUT2D eigenvalue weighted by atomic mass is 10.0.